The Kier molecular flexibility index (Phi) is 7.39. The van der Waals surface area contributed by atoms with E-state index in [1.54, 1.807) is 0 Å². The topological polar surface area (TPSA) is 83.5 Å². The summed E-state index contributed by atoms with van der Waals surface area (Å²) in [7, 11) is 0. The third-order valence-electron chi connectivity index (χ3n) is 2.87. The molecule has 102 valence electrons. The van der Waals surface area contributed by atoms with Crippen LogP contribution in [-0.4, -0.2) is 28.3 Å². The zero-order chi connectivity index (χ0) is 13.6. The van der Waals surface area contributed by atoms with Crippen LogP contribution in [-0.2, 0) is 4.79 Å². The average Bonchev–Trinajstić information content (AvgIpc) is 2.14. The predicted octanol–water partition coefficient (Wildman–Crippen LogP) is 1.86. The molecule has 0 amide bonds. The molecule has 4 nitrogen and oxygen atoms in total. The number of carboxylic acid groups (broad SMARTS) is 1. The highest BCUT2D eigenvalue weighted by molar-refractivity contribution is 5.70. The summed E-state index contributed by atoms with van der Waals surface area (Å²) < 4.78 is 0. The molecule has 0 fully saturated rings. The van der Waals surface area contributed by atoms with Crippen molar-refractivity contribution < 1.29 is 15.0 Å². The van der Waals surface area contributed by atoms with E-state index < -0.39 is 18.0 Å². The predicted molar refractivity (Wildman–Crippen MR) is 68.6 cm³/mol. The van der Waals surface area contributed by atoms with E-state index in [0.717, 1.165) is 6.42 Å². The van der Waals surface area contributed by atoms with E-state index in [-0.39, 0.29) is 12.5 Å². The van der Waals surface area contributed by atoms with Crippen molar-refractivity contribution in [3.05, 3.63) is 0 Å². The molecule has 3 unspecified atom stereocenters. The maximum Gasteiger partial charge on any atom is 0.306 e. The molecule has 0 radical (unpaired) electrons. The van der Waals surface area contributed by atoms with Crippen LogP contribution in [0.3, 0.4) is 0 Å². The van der Waals surface area contributed by atoms with Crippen LogP contribution in [0.25, 0.3) is 0 Å². The first-order valence-corrected chi connectivity index (χ1v) is 6.40. The summed E-state index contributed by atoms with van der Waals surface area (Å²) in [4.78, 5) is 11.1. The molecule has 0 spiro atoms. The molecule has 0 aromatic rings. The Morgan fingerprint density at radius 1 is 1.06 bits per heavy atom. The van der Waals surface area contributed by atoms with Crippen molar-refractivity contribution in [1.29, 1.82) is 0 Å². The standard InChI is InChI=1S/C13H27NO3/c1-8(2)5-10(13(16)17)7-12(15)11(14)6-9(3)4/h8-12,15H,5-7,14H2,1-4H3,(H,16,17). The highest BCUT2D eigenvalue weighted by atomic mass is 16.4. The molecule has 0 heterocycles. The molecule has 4 N–H and O–H groups in total. The first kappa shape index (κ1) is 16.4. The van der Waals surface area contributed by atoms with E-state index in [9.17, 15) is 9.90 Å². The summed E-state index contributed by atoms with van der Waals surface area (Å²) >= 11 is 0. The Bertz CT molecular complexity index is 229. The molecule has 4 heteroatoms. The van der Waals surface area contributed by atoms with Gasteiger partial charge in [-0.3, -0.25) is 4.79 Å². The number of aliphatic carboxylic acids is 1. The van der Waals surface area contributed by atoms with Gasteiger partial charge in [0.2, 0.25) is 0 Å². The van der Waals surface area contributed by atoms with Gasteiger partial charge in [-0.15, -0.1) is 0 Å². The second kappa shape index (κ2) is 7.67. The van der Waals surface area contributed by atoms with Crippen LogP contribution in [0.4, 0.5) is 0 Å². The van der Waals surface area contributed by atoms with Gasteiger partial charge in [-0.25, -0.2) is 0 Å². The maximum atomic E-state index is 11.1. The Labute approximate surface area is 104 Å². The number of hydrogen-bond donors (Lipinski definition) is 3. The van der Waals surface area contributed by atoms with Gasteiger partial charge >= 0.3 is 5.97 Å². The van der Waals surface area contributed by atoms with Gasteiger partial charge in [0.15, 0.2) is 0 Å². The normalized spacial score (nSPS) is 17.2. The molecule has 0 rings (SSSR count). The summed E-state index contributed by atoms with van der Waals surface area (Å²) in [6.07, 6.45) is 0.828. The molecular weight excluding hydrogens is 218 g/mol. The van der Waals surface area contributed by atoms with Crippen LogP contribution in [0.2, 0.25) is 0 Å². The van der Waals surface area contributed by atoms with Gasteiger partial charge in [-0.2, -0.15) is 0 Å². The number of nitrogens with two attached hydrogens (primary N) is 1. The highest BCUT2D eigenvalue weighted by Gasteiger charge is 2.25. The Morgan fingerprint density at radius 3 is 1.88 bits per heavy atom. The van der Waals surface area contributed by atoms with Gasteiger partial charge in [0.1, 0.15) is 0 Å². The van der Waals surface area contributed by atoms with Gasteiger partial charge in [-0.1, -0.05) is 27.7 Å². The molecule has 0 aromatic heterocycles. The van der Waals surface area contributed by atoms with Crippen molar-refractivity contribution in [2.45, 2.75) is 59.1 Å². The lowest BCUT2D eigenvalue weighted by Gasteiger charge is -2.24. The summed E-state index contributed by atoms with van der Waals surface area (Å²) in [5.74, 6) is -0.615. The molecule has 0 aliphatic heterocycles. The van der Waals surface area contributed by atoms with Gasteiger partial charge < -0.3 is 15.9 Å². The van der Waals surface area contributed by atoms with Crippen LogP contribution in [0.15, 0.2) is 0 Å². The third-order valence-corrected chi connectivity index (χ3v) is 2.87. The molecule has 0 aliphatic carbocycles. The van der Waals surface area contributed by atoms with E-state index in [0.29, 0.717) is 18.3 Å². The first-order chi connectivity index (χ1) is 7.73. The smallest absolute Gasteiger partial charge is 0.306 e. The van der Waals surface area contributed by atoms with Gasteiger partial charge in [0, 0.05) is 6.04 Å². The fourth-order valence-electron chi connectivity index (χ4n) is 2.03. The van der Waals surface area contributed by atoms with Crippen LogP contribution >= 0.6 is 0 Å². The fraction of sp³-hybridized carbons (Fsp3) is 0.923. The second-order valence-corrected chi connectivity index (χ2v) is 5.76. The minimum atomic E-state index is -0.838. The average molecular weight is 245 g/mol. The lowest BCUT2D eigenvalue weighted by Crippen LogP contribution is -2.38. The van der Waals surface area contributed by atoms with Crippen LogP contribution in [0, 0.1) is 17.8 Å². The molecule has 0 saturated carbocycles. The van der Waals surface area contributed by atoms with Gasteiger partial charge in [0.05, 0.1) is 12.0 Å². The lowest BCUT2D eigenvalue weighted by molar-refractivity contribution is -0.143. The number of carbonyl (C=O) groups is 1. The van der Waals surface area contributed by atoms with Gasteiger partial charge in [0.25, 0.3) is 0 Å². The molecular formula is C13H27NO3. The number of aliphatic hydroxyl groups is 1. The first-order valence-electron chi connectivity index (χ1n) is 6.40. The largest absolute Gasteiger partial charge is 0.481 e. The molecule has 0 saturated heterocycles. The minimum Gasteiger partial charge on any atom is -0.481 e. The highest BCUT2D eigenvalue weighted by Crippen LogP contribution is 2.20. The van der Waals surface area contributed by atoms with E-state index in [1.807, 2.05) is 27.7 Å². The van der Waals surface area contributed by atoms with E-state index in [1.165, 1.54) is 0 Å². The Morgan fingerprint density at radius 2 is 1.53 bits per heavy atom. The number of rotatable bonds is 8. The van der Waals surface area contributed by atoms with Crippen molar-refractivity contribution >= 4 is 5.97 Å². The Hall–Kier alpha value is -0.610. The number of aliphatic hydroxyl groups excluding tert-OH is 1. The summed E-state index contributed by atoms with van der Waals surface area (Å²) in [6.45, 7) is 8.04. The van der Waals surface area contributed by atoms with Crippen molar-refractivity contribution in [3.63, 3.8) is 0 Å². The molecule has 3 atom stereocenters. The van der Waals surface area contributed by atoms with Gasteiger partial charge in [-0.05, 0) is 31.1 Å². The van der Waals surface area contributed by atoms with Crippen LogP contribution in [0.1, 0.15) is 47.0 Å². The zero-order valence-corrected chi connectivity index (χ0v) is 11.4. The number of carboxylic acids is 1. The third kappa shape index (κ3) is 7.34. The van der Waals surface area contributed by atoms with Crippen molar-refractivity contribution in [3.8, 4) is 0 Å². The van der Waals surface area contributed by atoms with E-state index in [4.69, 9.17) is 10.8 Å². The Balaban J connectivity index is 4.29. The SMILES string of the molecule is CC(C)CC(CC(O)C(N)CC(C)C)C(=O)O. The quantitative estimate of drug-likeness (QED) is 0.609. The van der Waals surface area contributed by atoms with Crippen LogP contribution < -0.4 is 5.73 Å². The van der Waals surface area contributed by atoms with Crippen molar-refractivity contribution in [2.24, 2.45) is 23.5 Å². The monoisotopic (exact) mass is 245 g/mol. The maximum absolute atomic E-state index is 11.1. The number of hydrogen-bond acceptors (Lipinski definition) is 3. The molecule has 17 heavy (non-hydrogen) atoms. The van der Waals surface area contributed by atoms with Crippen molar-refractivity contribution in [2.75, 3.05) is 0 Å². The van der Waals surface area contributed by atoms with Crippen molar-refractivity contribution in [1.82, 2.24) is 0 Å². The minimum absolute atomic E-state index is 0.251. The zero-order valence-electron chi connectivity index (χ0n) is 11.4. The van der Waals surface area contributed by atoms with E-state index in [2.05, 4.69) is 0 Å². The summed E-state index contributed by atoms with van der Waals surface area (Å²) in [5, 5.41) is 19.0. The summed E-state index contributed by atoms with van der Waals surface area (Å²) in [6, 6.07) is -0.330. The summed E-state index contributed by atoms with van der Waals surface area (Å²) in [5.41, 5.74) is 5.85. The van der Waals surface area contributed by atoms with E-state index >= 15 is 0 Å². The van der Waals surface area contributed by atoms with Crippen LogP contribution in [0.5, 0.6) is 0 Å². The fourth-order valence-corrected chi connectivity index (χ4v) is 2.03. The molecule has 0 aromatic carbocycles. The second-order valence-electron chi connectivity index (χ2n) is 5.76. The lowest BCUT2D eigenvalue weighted by atomic mass is 9.88. The molecule has 0 aliphatic rings. The molecule has 0 bridgehead atoms.